The smallest absolute Gasteiger partial charge is 0.226 e. The second-order valence-electron chi connectivity index (χ2n) is 6.80. The van der Waals surface area contributed by atoms with E-state index in [1.165, 1.54) is 0 Å². The standard InChI is InChI=1S/C17H23Cl2NO2/c18-13-5-8-17(19,9-6-13)11-12-7-10-20(16(12)22)14-3-1-2-4-15(14)21/h5-6,8,12,14-15,21H,1-4,7,9-11H2/t12?,14-,15+,17?/m0/s1. The van der Waals surface area contributed by atoms with Gasteiger partial charge in [0.05, 0.1) is 17.0 Å². The summed E-state index contributed by atoms with van der Waals surface area (Å²) in [4.78, 5) is 14.1. The van der Waals surface area contributed by atoms with Gasteiger partial charge in [0.15, 0.2) is 0 Å². The fourth-order valence-electron chi connectivity index (χ4n) is 3.93. The summed E-state index contributed by atoms with van der Waals surface area (Å²) in [6.07, 6.45) is 11.3. The fourth-order valence-corrected chi connectivity index (χ4v) is 4.40. The Kier molecular flexibility index (Phi) is 4.86. The summed E-state index contributed by atoms with van der Waals surface area (Å²) >= 11 is 12.6. The minimum atomic E-state index is -0.500. The van der Waals surface area contributed by atoms with Crippen molar-refractivity contribution in [3.8, 4) is 0 Å². The first-order chi connectivity index (χ1) is 10.5. The van der Waals surface area contributed by atoms with Crippen LogP contribution in [-0.4, -0.2) is 39.5 Å². The van der Waals surface area contributed by atoms with Gasteiger partial charge in [-0.25, -0.2) is 0 Å². The average molecular weight is 344 g/mol. The molecule has 0 radical (unpaired) electrons. The molecule has 1 amide bonds. The van der Waals surface area contributed by atoms with Gasteiger partial charge in [-0.05, 0) is 38.2 Å². The van der Waals surface area contributed by atoms with Crippen LogP contribution in [0.3, 0.4) is 0 Å². The van der Waals surface area contributed by atoms with E-state index in [1.807, 2.05) is 23.1 Å². The Morgan fingerprint density at radius 2 is 2.09 bits per heavy atom. The molecule has 0 spiro atoms. The Balaban J connectivity index is 1.63. The lowest BCUT2D eigenvalue weighted by atomic mass is 9.87. The maximum Gasteiger partial charge on any atom is 0.226 e. The molecule has 1 aliphatic heterocycles. The van der Waals surface area contributed by atoms with Crippen LogP contribution in [0.2, 0.25) is 0 Å². The highest BCUT2D eigenvalue weighted by Crippen LogP contribution is 2.39. The SMILES string of the molecule is O=C1C(CC2(Cl)C=CC(Cl)=CC2)CCN1[C@H]1CCCC[C@H]1O. The van der Waals surface area contributed by atoms with Crippen LogP contribution in [0, 0.1) is 5.92 Å². The molecular weight excluding hydrogens is 321 g/mol. The zero-order valence-electron chi connectivity index (χ0n) is 12.7. The molecule has 2 fully saturated rings. The van der Waals surface area contributed by atoms with Gasteiger partial charge in [0, 0.05) is 17.5 Å². The first kappa shape index (κ1) is 16.4. The first-order valence-electron chi connectivity index (χ1n) is 8.21. The molecule has 1 N–H and O–H groups in total. The summed E-state index contributed by atoms with van der Waals surface area (Å²) in [7, 11) is 0. The van der Waals surface area contributed by atoms with Crippen molar-refractivity contribution in [1.29, 1.82) is 0 Å². The lowest BCUT2D eigenvalue weighted by molar-refractivity contribution is -0.136. The normalized spacial score (nSPS) is 39.2. The summed E-state index contributed by atoms with van der Waals surface area (Å²) in [6.45, 7) is 0.749. The largest absolute Gasteiger partial charge is 0.391 e. The van der Waals surface area contributed by atoms with Gasteiger partial charge in [0.1, 0.15) is 0 Å². The van der Waals surface area contributed by atoms with E-state index in [0.29, 0.717) is 17.9 Å². The first-order valence-corrected chi connectivity index (χ1v) is 8.96. The second-order valence-corrected chi connectivity index (χ2v) is 7.99. The maximum absolute atomic E-state index is 12.7. The van der Waals surface area contributed by atoms with Gasteiger partial charge in [0.25, 0.3) is 0 Å². The third kappa shape index (κ3) is 3.37. The predicted octanol–water partition coefficient (Wildman–Crippen LogP) is 3.59. The fraction of sp³-hybridized carbons (Fsp3) is 0.706. The molecule has 0 aromatic rings. The Bertz CT molecular complexity index is 505. The van der Waals surface area contributed by atoms with Crippen molar-refractivity contribution >= 4 is 29.1 Å². The minimum absolute atomic E-state index is 0.00811. The van der Waals surface area contributed by atoms with Crippen molar-refractivity contribution in [1.82, 2.24) is 4.90 Å². The molecule has 2 unspecified atom stereocenters. The van der Waals surface area contributed by atoms with E-state index in [-0.39, 0.29) is 24.0 Å². The number of rotatable bonds is 3. The number of hydrogen-bond acceptors (Lipinski definition) is 2. The van der Waals surface area contributed by atoms with Gasteiger partial charge in [-0.3, -0.25) is 4.79 Å². The Morgan fingerprint density at radius 3 is 2.77 bits per heavy atom. The molecular formula is C17H23Cl2NO2. The number of aliphatic hydroxyl groups is 1. The van der Waals surface area contributed by atoms with Crippen LogP contribution in [0.25, 0.3) is 0 Å². The van der Waals surface area contributed by atoms with Gasteiger partial charge in [-0.15, -0.1) is 11.6 Å². The molecule has 1 heterocycles. The summed E-state index contributed by atoms with van der Waals surface area (Å²) < 4.78 is 0. The van der Waals surface area contributed by atoms with E-state index in [2.05, 4.69) is 0 Å². The Morgan fingerprint density at radius 1 is 1.32 bits per heavy atom. The van der Waals surface area contributed by atoms with E-state index >= 15 is 0 Å². The number of alkyl halides is 1. The van der Waals surface area contributed by atoms with Crippen LogP contribution in [-0.2, 0) is 4.79 Å². The quantitative estimate of drug-likeness (QED) is 0.795. The van der Waals surface area contributed by atoms with Gasteiger partial charge in [0.2, 0.25) is 5.91 Å². The van der Waals surface area contributed by atoms with Crippen LogP contribution < -0.4 is 0 Å². The van der Waals surface area contributed by atoms with E-state index in [1.54, 1.807) is 0 Å². The number of nitrogens with zero attached hydrogens (tertiary/aromatic N) is 1. The van der Waals surface area contributed by atoms with E-state index in [0.717, 1.165) is 38.6 Å². The van der Waals surface area contributed by atoms with Crippen molar-refractivity contribution in [2.75, 3.05) is 6.54 Å². The molecule has 2 aliphatic carbocycles. The lowest BCUT2D eigenvalue weighted by Crippen LogP contribution is -2.47. The van der Waals surface area contributed by atoms with Crippen LogP contribution in [0.5, 0.6) is 0 Å². The van der Waals surface area contributed by atoms with Crippen molar-refractivity contribution in [2.24, 2.45) is 5.92 Å². The monoisotopic (exact) mass is 343 g/mol. The molecule has 1 saturated heterocycles. The predicted molar refractivity (Wildman–Crippen MR) is 89.0 cm³/mol. The van der Waals surface area contributed by atoms with E-state index in [4.69, 9.17) is 23.2 Å². The van der Waals surface area contributed by atoms with Crippen molar-refractivity contribution in [3.05, 3.63) is 23.3 Å². The number of amides is 1. The molecule has 3 nitrogen and oxygen atoms in total. The van der Waals surface area contributed by atoms with Gasteiger partial charge >= 0.3 is 0 Å². The topological polar surface area (TPSA) is 40.5 Å². The van der Waals surface area contributed by atoms with E-state index < -0.39 is 4.87 Å². The summed E-state index contributed by atoms with van der Waals surface area (Å²) in [5, 5.41) is 10.9. The van der Waals surface area contributed by atoms with Crippen molar-refractivity contribution in [2.45, 2.75) is 62.0 Å². The number of aliphatic hydroxyl groups excluding tert-OH is 1. The summed E-state index contributed by atoms with van der Waals surface area (Å²) in [6, 6.07) is 0.00811. The highest BCUT2D eigenvalue weighted by molar-refractivity contribution is 6.32. The van der Waals surface area contributed by atoms with Crippen LogP contribution in [0.15, 0.2) is 23.3 Å². The summed E-state index contributed by atoms with van der Waals surface area (Å²) in [5.41, 5.74) is 0. The van der Waals surface area contributed by atoms with Crippen molar-refractivity contribution in [3.63, 3.8) is 0 Å². The molecule has 0 aromatic heterocycles. The van der Waals surface area contributed by atoms with Crippen molar-refractivity contribution < 1.29 is 9.90 Å². The highest BCUT2D eigenvalue weighted by Gasteiger charge is 2.42. The Hall–Kier alpha value is -0.510. The van der Waals surface area contributed by atoms with Crippen LogP contribution >= 0.6 is 23.2 Å². The molecule has 4 atom stereocenters. The lowest BCUT2D eigenvalue weighted by Gasteiger charge is -2.35. The van der Waals surface area contributed by atoms with Gasteiger partial charge < -0.3 is 10.0 Å². The molecule has 22 heavy (non-hydrogen) atoms. The van der Waals surface area contributed by atoms with Gasteiger partial charge in [-0.2, -0.15) is 0 Å². The number of hydrogen-bond donors (Lipinski definition) is 1. The number of allylic oxidation sites excluding steroid dienone is 4. The van der Waals surface area contributed by atoms with Gasteiger partial charge in [-0.1, -0.05) is 36.6 Å². The third-order valence-electron chi connectivity index (χ3n) is 5.21. The minimum Gasteiger partial charge on any atom is -0.391 e. The number of carbonyl (C=O) groups excluding carboxylic acids is 1. The molecule has 122 valence electrons. The number of likely N-dealkylation sites (tertiary alicyclic amines) is 1. The van der Waals surface area contributed by atoms with Crippen LogP contribution in [0.1, 0.15) is 44.9 Å². The zero-order chi connectivity index (χ0) is 15.7. The zero-order valence-corrected chi connectivity index (χ0v) is 14.2. The van der Waals surface area contributed by atoms with E-state index in [9.17, 15) is 9.90 Å². The highest BCUT2D eigenvalue weighted by atomic mass is 35.5. The average Bonchev–Trinajstić information content (AvgIpc) is 2.84. The molecule has 1 saturated carbocycles. The molecule has 0 aromatic carbocycles. The molecule has 3 rings (SSSR count). The number of halogens is 2. The second kappa shape index (κ2) is 6.54. The maximum atomic E-state index is 12.7. The molecule has 0 bridgehead atoms. The van der Waals surface area contributed by atoms with Crippen LogP contribution in [0.4, 0.5) is 0 Å². The molecule has 3 aliphatic rings. The third-order valence-corrected chi connectivity index (χ3v) is 5.92. The number of carbonyl (C=O) groups is 1. The summed E-state index contributed by atoms with van der Waals surface area (Å²) in [5.74, 6) is 0.126. The molecule has 5 heteroatoms. The Labute approximate surface area is 142 Å².